The van der Waals surface area contributed by atoms with Crippen LogP contribution in [-0.2, 0) is 11.3 Å². The summed E-state index contributed by atoms with van der Waals surface area (Å²) in [4.78, 5) is 15.0. The minimum Gasteiger partial charge on any atom is -0.475 e. The number of amides is 1. The van der Waals surface area contributed by atoms with E-state index < -0.39 is 12.1 Å². The average Bonchev–Trinajstić information content (AvgIpc) is 2.54. The van der Waals surface area contributed by atoms with E-state index in [2.05, 4.69) is 42.2 Å². The van der Waals surface area contributed by atoms with Crippen molar-refractivity contribution < 1.29 is 19.4 Å². The topological polar surface area (TPSA) is 80.7 Å². The van der Waals surface area contributed by atoms with Gasteiger partial charge < -0.3 is 19.9 Å². The summed E-state index contributed by atoms with van der Waals surface area (Å²) in [6.07, 6.45) is 0.473. The number of pyridine rings is 1. The summed E-state index contributed by atoms with van der Waals surface area (Å²) in [6.45, 7) is 0.697. The van der Waals surface area contributed by atoms with Crippen molar-refractivity contribution >= 4 is 38.0 Å². The molecule has 1 unspecified atom stereocenters. The second kappa shape index (κ2) is 9.61. The van der Waals surface area contributed by atoms with Crippen LogP contribution in [0.2, 0.25) is 0 Å². The van der Waals surface area contributed by atoms with Crippen LogP contribution in [0, 0.1) is 0 Å². The molecule has 0 saturated heterocycles. The highest BCUT2D eigenvalue weighted by molar-refractivity contribution is 9.11. The van der Waals surface area contributed by atoms with Crippen LogP contribution in [0.1, 0.15) is 5.56 Å². The molecule has 0 saturated carbocycles. The molecule has 2 rings (SSSR count). The van der Waals surface area contributed by atoms with E-state index in [1.54, 1.807) is 12.3 Å². The Balaban J connectivity index is 1.86. The fourth-order valence-electron chi connectivity index (χ4n) is 1.89. The molecule has 1 amide bonds. The maximum Gasteiger partial charge on any atom is 0.405 e. The molecule has 2 aromatic rings. The summed E-state index contributed by atoms with van der Waals surface area (Å²) >= 11 is 6.65. The number of halogens is 2. The lowest BCUT2D eigenvalue weighted by molar-refractivity contribution is 0.0800. The van der Waals surface area contributed by atoms with Gasteiger partial charge in [-0.1, -0.05) is 30.3 Å². The van der Waals surface area contributed by atoms with Crippen molar-refractivity contribution in [1.29, 1.82) is 0 Å². The second-order valence-electron chi connectivity index (χ2n) is 4.90. The summed E-state index contributed by atoms with van der Waals surface area (Å²) < 4.78 is 12.6. The van der Waals surface area contributed by atoms with Gasteiger partial charge in [0.25, 0.3) is 0 Å². The highest BCUT2D eigenvalue weighted by Gasteiger charge is 2.14. The minimum absolute atomic E-state index is 0.105. The summed E-state index contributed by atoms with van der Waals surface area (Å²) in [5.74, 6) is 0.387. The lowest BCUT2D eigenvalue weighted by Crippen LogP contribution is -2.41. The normalized spacial score (nSPS) is 11.8. The Kier molecular flexibility index (Phi) is 7.48. The number of rotatable bonds is 8. The standard InChI is InChI=1S/C16H16Br2N2O4/c17-12-6-14(18)15(19-7-12)24-10-13(20-16(21)22)9-23-8-11-4-2-1-3-5-11/h1-7,13,20H,8-10H2,(H,21,22). The Labute approximate surface area is 156 Å². The largest absolute Gasteiger partial charge is 0.475 e. The van der Waals surface area contributed by atoms with Gasteiger partial charge in [-0.3, -0.25) is 0 Å². The lowest BCUT2D eigenvalue weighted by Gasteiger charge is -2.18. The Bertz CT molecular complexity index is 670. The van der Waals surface area contributed by atoms with Crippen molar-refractivity contribution in [3.8, 4) is 5.88 Å². The van der Waals surface area contributed by atoms with Crippen molar-refractivity contribution in [2.24, 2.45) is 0 Å². The molecule has 8 heteroatoms. The summed E-state index contributed by atoms with van der Waals surface area (Å²) in [7, 11) is 0. The zero-order valence-electron chi connectivity index (χ0n) is 12.6. The van der Waals surface area contributed by atoms with Gasteiger partial charge in [0.05, 0.1) is 23.7 Å². The molecule has 1 aromatic carbocycles. The van der Waals surface area contributed by atoms with Gasteiger partial charge in [-0.25, -0.2) is 9.78 Å². The molecule has 0 aliphatic heterocycles. The Morgan fingerprint density at radius 3 is 2.67 bits per heavy atom. The van der Waals surface area contributed by atoms with Gasteiger partial charge in [0.1, 0.15) is 6.61 Å². The van der Waals surface area contributed by atoms with Crippen LogP contribution in [-0.4, -0.2) is 35.4 Å². The van der Waals surface area contributed by atoms with E-state index in [9.17, 15) is 4.79 Å². The predicted octanol–water partition coefficient (Wildman–Crippen LogP) is 3.84. The quantitative estimate of drug-likeness (QED) is 0.626. The molecule has 0 spiro atoms. The number of nitrogens with zero attached hydrogens (tertiary/aromatic N) is 1. The van der Waals surface area contributed by atoms with Crippen LogP contribution in [0.25, 0.3) is 0 Å². The van der Waals surface area contributed by atoms with Crippen LogP contribution in [0.15, 0.2) is 51.5 Å². The van der Waals surface area contributed by atoms with Gasteiger partial charge in [0.2, 0.25) is 5.88 Å². The van der Waals surface area contributed by atoms with E-state index in [4.69, 9.17) is 14.6 Å². The number of benzene rings is 1. The van der Waals surface area contributed by atoms with E-state index in [1.807, 2.05) is 30.3 Å². The number of carboxylic acid groups (broad SMARTS) is 1. The van der Waals surface area contributed by atoms with E-state index in [-0.39, 0.29) is 13.2 Å². The molecule has 24 heavy (non-hydrogen) atoms. The zero-order valence-corrected chi connectivity index (χ0v) is 15.8. The van der Waals surface area contributed by atoms with E-state index in [0.717, 1.165) is 10.0 Å². The molecule has 1 heterocycles. The van der Waals surface area contributed by atoms with Gasteiger partial charge in [-0.05, 0) is 43.5 Å². The Morgan fingerprint density at radius 2 is 2.00 bits per heavy atom. The predicted molar refractivity (Wildman–Crippen MR) is 96.2 cm³/mol. The lowest BCUT2D eigenvalue weighted by atomic mass is 10.2. The number of nitrogens with one attached hydrogen (secondary N) is 1. The third kappa shape index (κ3) is 6.46. The molecule has 0 aliphatic carbocycles. The van der Waals surface area contributed by atoms with Crippen molar-refractivity contribution in [2.45, 2.75) is 12.6 Å². The molecular weight excluding hydrogens is 444 g/mol. The number of ether oxygens (including phenoxy) is 2. The fourth-order valence-corrected chi connectivity index (χ4v) is 2.99. The third-order valence-corrected chi connectivity index (χ3v) is 3.96. The van der Waals surface area contributed by atoms with Crippen LogP contribution < -0.4 is 10.1 Å². The fraction of sp³-hybridized carbons (Fsp3) is 0.250. The van der Waals surface area contributed by atoms with Gasteiger partial charge in [-0.2, -0.15) is 0 Å². The first kappa shape index (κ1) is 18.7. The van der Waals surface area contributed by atoms with Gasteiger partial charge in [-0.15, -0.1) is 0 Å². The number of aromatic nitrogens is 1. The van der Waals surface area contributed by atoms with E-state index >= 15 is 0 Å². The van der Waals surface area contributed by atoms with Crippen molar-refractivity contribution in [3.05, 3.63) is 57.1 Å². The first-order valence-corrected chi connectivity index (χ1v) is 8.68. The maximum atomic E-state index is 10.9. The second-order valence-corrected chi connectivity index (χ2v) is 6.67. The average molecular weight is 460 g/mol. The van der Waals surface area contributed by atoms with Crippen LogP contribution >= 0.6 is 31.9 Å². The van der Waals surface area contributed by atoms with Gasteiger partial charge in [0, 0.05) is 10.7 Å². The number of hydrogen-bond acceptors (Lipinski definition) is 4. The highest BCUT2D eigenvalue weighted by atomic mass is 79.9. The third-order valence-electron chi connectivity index (χ3n) is 2.95. The minimum atomic E-state index is -1.13. The molecule has 2 N–H and O–H groups in total. The molecule has 1 atom stereocenters. The highest BCUT2D eigenvalue weighted by Crippen LogP contribution is 2.25. The SMILES string of the molecule is O=C(O)NC(COCc1ccccc1)COc1ncc(Br)cc1Br. The van der Waals surface area contributed by atoms with Crippen LogP contribution in [0.3, 0.4) is 0 Å². The Hall–Kier alpha value is -1.64. The van der Waals surface area contributed by atoms with Crippen LogP contribution in [0.4, 0.5) is 4.79 Å². The smallest absolute Gasteiger partial charge is 0.405 e. The van der Waals surface area contributed by atoms with Gasteiger partial charge >= 0.3 is 6.09 Å². The molecule has 0 fully saturated rings. The zero-order chi connectivity index (χ0) is 17.4. The molecular formula is C16H16Br2N2O4. The number of hydrogen-bond donors (Lipinski definition) is 2. The molecule has 128 valence electrons. The first-order chi connectivity index (χ1) is 11.5. The summed E-state index contributed by atoms with van der Waals surface area (Å²) in [5.41, 5.74) is 1.02. The van der Waals surface area contributed by atoms with E-state index in [1.165, 1.54) is 0 Å². The Morgan fingerprint density at radius 1 is 1.25 bits per heavy atom. The number of carbonyl (C=O) groups is 1. The van der Waals surface area contributed by atoms with Gasteiger partial charge in [0.15, 0.2) is 0 Å². The monoisotopic (exact) mass is 458 g/mol. The molecule has 1 aromatic heterocycles. The summed E-state index contributed by atoms with van der Waals surface area (Å²) in [5, 5.41) is 11.3. The van der Waals surface area contributed by atoms with Crippen molar-refractivity contribution in [1.82, 2.24) is 10.3 Å². The van der Waals surface area contributed by atoms with E-state index in [0.29, 0.717) is 17.0 Å². The molecule has 0 bridgehead atoms. The van der Waals surface area contributed by atoms with Crippen molar-refractivity contribution in [2.75, 3.05) is 13.2 Å². The first-order valence-electron chi connectivity index (χ1n) is 7.09. The maximum absolute atomic E-state index is 10.9. The molecule has 6 nitrogen and oxygen atoms in total. The molecule has 0 radical (unpaired) electrons. The summed E-state index contributed by atoms with van der Waals surface area (Å²) in [6, 6.07) is 10.9. The van der Waals surface area contributed by atoms with Crippen LogP contribution in [0.5, 0.6) is 5.88 Å². The van der Waals surface area contributed by atoms with Crippen molar-refractivity contribution in [3.63, 3.8) is 0 Å². The molecule has 0 aliphatic rings.